The molecule has 154 valence electrons. The molecule has 0 bridgehead atoms. The van der Waals surface area contributed by atoms with Crippen molar-refractivity contribution in [2.45, 2.75) is 12.8 Å². The zero-order chi connectivity index (χ0) is 21.7. The molecule has 0 saturated carbocycles. The van der Waals surface area contributed by atoms with E-state index in [2.05, 4.69) is 0 Å². The first-order chi connectivity index (χ1) is 14.3. The average Bonchev–Trinajstić information content (AvgIpc) is 2.69. The molecule has 0 fully saturated rings. The summed E-state index contributed by atoms with van der Waals surface area (Å²) in [7, 11) is 0. The minimum atomic E-state index is -0.556. The summed E-state index contributed by atoms with van der Waals surface area (Å²) in [6, 6.07) is 14.1. The van der Waals surface area contributed by atoms with Crippen molar-refractivity contribution < 1.29 is 39.5 Å². The summed E-state index contributed by atoms with van der Waals surface area (Å²) in [5, 5.41) is 37.4. The highest BCUT2D eigenvalue weighted by molar-refractivity contribution is 5.76. The summed E-state index contributed by atoms with van der Waals surface area (Å²) in [6.07, 6.45) is -0.0572. The van der Waals surface area contributed by atoms with Gasteiger partial charge in [0, 0.05) is 12.1 Å². The largest absolute Gasteiger partial charge is 0.504 e. The van der Waals surface area contributed by atoms with E-state index in [4.69, 9.17) is 9.47 Å². The second kappa shape index (κ2) is 8.87. The van der Waals surface area contributed by atoms with E-state index in [0.717, 1.165) is 12.1 Å². The zero-order valence-electron chi connectivity index (χ0n) is 15.6. The van der Waals surface area contributed by atoms with Crippen LogP contribution in [0.1, 0.15) is 11.1 Å². The Bertz CT molecular complexity index is 986. The van der Waals surface area contributed by atoms with Crippen LogP contribution in [0.5, 0.6) is 34.5 Å². The molecule has 0 aliphatic heterocycles. The quantitative estimate of drug-likeness (QED) is 0.277. The Morgan fingerprint density at radius 3 is 1.27 bits per heavy atom. The number of rotatable bonds is 6. The molecule has 0 unspecified atom stereocenters. The fourth-order valence-electron chi connectivity index (χ4n) is 2.58. The van der Waals surface area contributed by atoms with Crippen LogP contribution in [0.15, 0.2) is 60.7 Å². The molecule has 3 rings (SSSR count). The molecule has 0 aliphatic carbocycles. The SMILES string of the molecule is O=C(Cc1ccc(CC(=O)Oc2ccc(O)c(O)c2)cc1)Oc1ccc(O)c(O)c1. The lowest BCUT2D eigenvalue weighted by atomic mass is 10.1. The monoisotopic (exact) mass is 410 g/mol. The highest BCUT2D eigenvalue weighted by atomic mass is 16.5. The van der Waals surface area contributed by atoms with E-state index in [1.165, 1.54) is 24.3 Å². The van der Waals surface area contributed by atoms with Crippen LogP contribution in [0, 0.1) is 0 Å². The number of phenolic OH excluding ortho intramolecular Hbond substituents is 4. The summed E-state index contributed by atoms with van der Waals surface area (Å²) in [5.41, 5.74) is 1.31. The van der Waals surface area contributed by atoms with Crippen molar-refractivity contribution in [3.8, 4) is 34.5 Å². The summed E-state index contributed by atoms with van der Waals surface area (Å²) in [5.74, 6) is -2.31. The summed E-state index contributed by atoms with van der Waals surface area (Å²) >= 11 is 0. The van der Waals surface area contributed by atoms with Crippen molar-refractivity contribution in [1.82, 2.24) is 0 Å². The topological polar surface area (TPSA) is 134 Å². The first-order valence-corrected chi connectivity index (χ1v) is 8.83. The smallest absolute Gasteiger partial charge is 0.315 e. The van der Waals surface area contributed by atoms with E-state index < -0.39 is 11.9 Å². The predicted molar refractivity (Wildman–Crippen MR) is 105 cm³/mol. The van der Waals surface area contributed by atoms with Crippen LogP contribution in [-0.2, 0) is 22.4 Å². The van der Waals surface area contributed by atoms with Crippen LogP contribution < -0.4 is 9.47 Å². The number of esters is 2. The van der Waals surface area contributed by atoms with Gasteiger partial charge in [-0.3, -0.25) is 9.59 Å². The number of benzene rings is 3. The van der Waals surface area contributed by atoms with Gasteiger partial charge in [0.05, 0.1) is 12.8 Å². The Labute approximate surface area is 171 Å². The maximum atomic E-state index is 12.0. The molecule has 0 spiro atoms. The molecule has 8 heteroatoms. The van der Waals surface area contributed by atoms with Gasteiger partial charge in [0.2, 0.25) is 0 Å². The fourth-order valence-corrected chi connectivity index (χ4v) is 2.58. The average molecular weight is 410 g/mol. The Balaban J connectivity index is 1.53. The van der Waals surface area contributed by atoms with Crippen molar-refractivity contribution in [3.05, 3.63) is 71.8 Å². The first kappa shape index (κ1) is 20.5. The molecular weight excluding hydrogens is 392 g/mol. The van der Waals surface area contributed by atoms with Crippen LogP contribution in [0.3, 0.4) is 0 Å². The van der Waals surface area contributed by atoms with Crippen molar-refractivity contribution in [2.24, 2.45) is 0 Å². The number of aromatic hydroxyl groups is 4. The molecule has 0 heterocycles. The van der Waals surface area contributed by atoms with Crippen molar-refractivity contribution in [2.75, 3.05) is 0 Å². The lowest BCUT2D eigenvalue weighted by molar-refractivity contribution is -0.134. The van der Waals surface area contributed by atoms with E-state index in [-0.39, 0.29) is 47.3 Å². The fraction of sp³-hybridized carbons (Fsp3) is 0.0909. The van der Waals surface area contributed by atoms with Gasteiger partial charge in [0.1, 0.15) is 11.5 Å². The van der Waals surface area contributed by atoms with E-state index in [0.29, 0.717) is 11.1 Å². The molecule has 0 aromatic heterocycles. The van der Waals surface area contributed by atoms with Crippen LogP contribution >= 0.6 is 0 Å². The Kier molecular flexibility index (Phi) is 6.07. The lowest BCUT2D eigenvalue weighted by Crippen LogP contribution is -2.12. The van der Waals surface area contributed by atoms with Gasteiger partial charge in [0.25, 0.3) is 0 Å². The number of hydrogen-bond acceptors (Lipinski definition) is 8. The molecule has 0 radical (unpaired) electrons. The Hall–Kier alpha value is -4.20. The highest BCUT2D eigenvalue weighted by Crippen LogP contribution is 2.29. The number of hydrogen-bond donors (Lipinski definition) is 4. The van der Waals surface area contributed by atoms with Gasteiger partial charge in [0.15, 0.2) is 23.0 Å². The first-order valence-electron chi connectivity index (χ1n) is 8.83. The van der Waals surface area contributed by atoms with Crippen molar-refractivity contribution in [1.29, 1.82) is 0 Å². The van der Waals surface area contributed by atoms with E-state index >= 15 is 0 Å². The molecule has 4 N–H and O–H groups in total. The van der Waals surface area contributed by atoms with Gasteiger partial charge in [-0.1, -0.05) is 24.3 Å². The Morgan fingerprint density at radius 1 is 0.567 bits per heavy atom. The molecule has 30 heavy (non-hydrogen) atoms. The maximum absolute atomic E-state index is 12.0. The molecule has 3 aromatic carbocycles. The van der Waals surface area contributed by atoms with Gasteiger partial charge >= 0.3 is 11.9 Å². The molecular formula is C22H18O8. The number of carbonyl (C=O) groups is 2. The predicted octanol–water partition coefficient (Wildman–Crippen LogP) is 2.81. The third-order valence-electron chi connectivity index (χ3n) is 4.08. The minimum Gasteiger partial charge on any atom is -0.504 e. The third-order valence-corrected chi connectivity index (χ3v) is 4.08. The third kappa shape index (κ3) is 5.41. The van der Waals surface area contributed by atoms with Crippen molar-refractivity contribution >= 4 is 11.9 Å². The minimum absolute atomic E-state index is 0.0286. The molecule has 0 atom stereocenters. The molecule has 0 saturated heterocycles. The van der Waals surface area contributed by atoms with Crippen LogP contribution in [0.4, 0.5) is 0 Å². The lowest BCUT2D eigenvalue weighted by Gasteiger charge is -2.07. The van der Waals surface area contributed by atoms with E-state index in [1.807, 2.05) is 0 Å². The van der Waals surface area contributed by atoms with E-state index in [9.17, 15) is 30.0 Å². The van der Waals surface area contributed by atoms with Gasteiger partial charge in [-0.15, -0.1) is 0 Å². The number of ether oxygens (including phenoxy) is 2. The Morgan fingerprint density at radius 2 is 0.933 bits per heavy atom. The molecule has 0 amide bonds. The molecule has 8 nitrogen and oxygen atoms in total. The van der Waals surface area contributed by atoms with E-state index in [1.54, 1.807) is 24.3 Å². The van der Waals surface area contributed by atoms with Crippen LogP contribution in [0.25, 0.3) is 0 Å². The normalized spacial score (nSPS) is 10.4. The van der Waals surface area contributed by atoms with Crippen molar-refractivity contribution in [3.63, 3.8) is 0 Å². The number of phenols is 4. The zero-order valence-corrected chi connectivity index (χ0v) is 15.6. The molecule has 0 aliphatic rings. The second-order valence-electron chi connectivity index (χ2n) is 6.42. The van der Waals surface area contributed by atoms with Crippen LogP contribution in [0.2, 0.25) is 0 Å². The van der Waals surface area contributed by atoms with Gasteiger partial charge in [-0.05, 0) is 35.4 Å². The van der Waals surface area contributed by atoms with Gasteiger partial charge in [-0.25, -0.2) is 0 Å². The summed E-state index contributed by atoms with van der Waals surface area (Å²) in [4.78, 5) is 24.0. The number of carbonyl (C=O) groups excluding carboxylic acids is 2. The summed E-state index contributed by atoms with van der Waals surface area (Å²) < 4.78 is 10.2. The molecule has 3 aromatic rings. The maximum Gasteiger partial charge on any atom is 0.315 e. The second-order valence-corrected chi connectivity index (χ2v) is 6.42. The van der Waals surface area contributed by atoms with Gasteiger partial charge < -0.3 is 29.9 Å². The standard InChI is InChI=1S/C22H18O8/c23-17-7-5-15(11-19(17)25)29-21(27)9-13-1-2-14(4-3-13)10-22(28)30-16-6-8-18(24)20(26)12-16/h1-8,11-12,23-26H,9-10H2. The highest BCUT2D eigenvalue weighted by Gasteiger charge is 2.11. The van der Waals surface area contributed by atoms with Crippen LogP contribution in [-0.4, -0.2) is 32.4 Å². The van der Waals surface area contributed by atoms with Gasteiger partial charge in [-0.2, -0.15) is 0 Å². The summed E-state index contributed by atoms with van der Waals surface area (Å²) in [6.45, 7) is 0.